The minimum absolute atomic E-state index is 0.0152. The molecule has 3 heterocycles. The van der Waals surface area contributed by atoms with Gasteiger partial charge in [-0.15, -0.1) is 0 Å². The van der Waals surface area contributed by atoms with Gasteiger partial charge in [-0.25, -0.2) is 14.0 Å². The average Bonchev–Trinajstić information content (AvgIpc) is 3.55. The number of hydrogen-bond acceptors (Lipinski definition) is 11. The Morgan fingerprint density at radius 3 is 2.41 bits per heavy atom. The number of ketones is 1. The number of halogens is 1. The molecule has 3 aromatic carbocycles. The van der Waals surface area contributed by atoms with E-state index in [0.717, 1.165) is 41.2 Å². The maximum atomic E-state index is 13.8. The molecular weight excluding hydrogens is 688 g/mol. The molecule has 1 fully saturated rings. The topological polar surface area (TPSA) is 141 Å². The second kappa shape index (κ2) is 16.8. The molecule has 0 radical (unpaired) electrons. The van der Waals surface area contributed by atoms with Crippen LogP contribution in [0.25, 0.3) is 4.85 Å². The highest BCUT2D eigenvalue weighted by Gasteiger charge is 2.26. The molecule has 14 heteroatoms. The van der Waals surface area contributed by atoms with Gasteiger partial charge in [0.25, 0.3) is 0 Å². The predicted molar refractivity (Wildman–Crippen MR) is 207 cm³/mol. The van der Waals surface area contributed by atoms with E-state index >= 15 is 0 Å². The van der Waals surface area contributed by atoms with Crippen LogP contribution in [0.4, 0.5) is 44.1 Å². The van der Waals surface area contributed by atoms with Gasteiger partial charge in [0.1, 0.15) is 11.4 Å². The summed E-state index contributed by atoms with van der Waals surface area (Å²) in [5.74, 6) is 0.388. The van der Waals surface area contributed by atoms with E-state index in [1.54, 1.807) is 23.1 Å². The van der Waals surface area contributed by atoms with E-state index in [1.807, 2.05) is 58.0 Å². The van der Waals surface area contributed by atoms with Gasteiger partial charge in [-0.3, -0.25) is 14.7 Å². The summed E-state index contributed by atoms with van der Waals surface area (Å²) in [6.07, 6.45) is 0.975. The van der Waals surface area contributed by atoms with Crippen molar-refractivity contribution < 1.29 is 18.7 Å². The van der Waals surface area contributed by atoms with Crippen LogP contribution < -0.4 is 16.0 Å². The lowest BCUT2D eigenvalue weighted by atomic mass is 10.0. The summed E-state index contributed by atoms with van der Waals surface area (Å²) >= 11 is 0. The van der Waals surface area contributed by atoms with Crippen LogP contribution in [-0.2, 0) is 28.9 Å². The number of fused-ring (bicyclic) bond motifs is 1. The summed E-state index contributed by atoms with van der Waals surface area (Å²) in [7, 11) is 0. The molecule has 2 aliphatic rings. The van der Waals surface area contributed by atoms with Crippen molar-refractivity contribution >= 4 is 52.5 Å². The second-order valence-corrected chi connectivity index (χ2v) is 14.4. The van der Waals surface area contributed by atoms with Crippen molar-refractivity contribution in [3.63, 3.8) is 0 Å². The van der Waals surface area contributed by atoms with Crippen LogP contribution in [0, 0.1) is 12.4 Å². The molecule has 1 atom stereocenters. The van der Waals surface area contributed by atoms with Crippen LogP contribution in [0.15, 0.2) is 71.7 Å². The van der Waals surface area contributed by atoms with Gasteiger partial charge in [0, 0.05) is 57.0 Å². The molecule has 0 spiro atoms. The van der Waals surface area contributed by atoms with Crippen molar-refractivity contribution in [3.05, 3.63) is 101 Å². The first kappa shape index (κ1) is 37.8. The third-order valence-corrected chi connectivity index (χ3v) is 8.97. The number of nitrogens with zero attached hydrogens (tertiary/aromatic N) is 7. The second-order valence-electron chi connectivity index (χ2n) is 14.4. The van der Waals surface area contributed by atoms with Crippen molar-refractivity contribution in [1.82, 2.24) is 24.8 Å². The Kier molecular flexibility index (Phi) is 11.8. The fourth-order valence-electron chi connectivity index (χ4n) is 6.22. The van der Waals surface area contributed by atoms with Crippen molar-refractivity contribution in [3.8, 4) is 0 Å². The van der Waals surface area contributed by atoms with Gasteiger partial charge in [0.15, 0.2) is 11.5 Å². The number of amides is 1. The standard InChI is InChI=1S/C40H45FN10O3/c1-6-35(52)34(21-26-10-14-30(42-5)15-11-26)46-38-48-36(43-24-32-22-28-12-13-29(41)23-33(28)44-32)47-37(49-38)45-31-9-7-8-27(20-31)25-50-16-18-51(19-17-50)39(53)54-40(2,3)4/h7-15,20,23,34H,6,16-19,21-22,24-25H2,1-4H3,(H3,43,45,46,47,48,49)/t34-/m1/s1. The number of hydrogen-bond donors (Lipinski definition) is 3. The molecule has 0 bridgehead atoms. The summed E-state index contributed by atoms with van der Waals surface area (Å²) in [5.41, 5.74) is 5.10. The molecule has 0 aliphatic carbocycles. The zero-order chi connectivity index (χ0) is 38.2. The monoisotopic (exact) mass is 732 g/mol. The number of carbonyl (C=O) groups is 2. The number of rotatable bonds is 13. The van der Waals surface area contributed by atoms with E-state index < -0.39 is 11.6 Å². The molecule has 0 saturated carbocycles. The third kappa shape index (κ3) is 10.3. The summed E-state index contributed by atoms with van der Waals surface area (Å²) in [5, 5.41) is 9.81. The normalized spacial score (nSPS) is 14.7. The maximum absolute atomic E-state index is 13.8. The van der Waals surface area contributed by atoms with E-state index in [0.29, 0.717) is 56.8 Å². The Bertz CT molecular complexity index is 2050. The van der Waals surface area contributed by atoms with Crippen molar-refractivity contribution in [1.29, 1.82) is 0 Å². The first-order valence-electron chi connectivity index (χ1n) is 18.1. The Morgan fingerprint density at radius 2 is 1.69 bits per heavy atom. The summed E-state index contributed by atoms with van der Waals surface area (Å²) in [6, 6.07) is 19.1. The van der Waals surface area contributed by atoms with Crippen molar-refractivity contribution in [2.75, 3.05) is 48.7 Å². The Morgan fingerprint density at radius 1 is 0.944 bits per heavy atom. The van der Waals surface area contributed by atoms with Gasteiger partial charge < -0.3 is 25.6 Å². The number of Topliss-reactive ketones (excluding diaryl/α,β-unsaturated/α-hetero) is 1. The van der Waals surface area contributed by atoms with E-state index in [2.05, 4.69) is 51.7 Å². The molecular formula is C40H45FN10O3. The van der Waals surface area contributed by atoms with E-state index in [9.17, 15) is 14.0 Å². The molecule has 4 aromatic rings. The molecule has 280 valence electrons. The number of ether oxygens (including phenoxy) is 1. The molecule has 54 heavy (non-hydrogen) atoms. The van der Waals surface area contributed by atoms with Crippen molar-refractivity contribution in [2.45, 2.75) is 65.1 Å². The number of carbonyl (C=O) groups excluding carboxylic acids is 2. The number of piperazine rings is 1. The third-order valence-electron chi connectivity index (χ3n) is 8.97. The lowest BCUT2D eigenvalue weighted by Crippen LogP contribution is -2.49. The van der Waals surface area contributed by atoms with E-state index in [-0.39, 0.29) is 35.5 Å². The molecule has 1 aromatic heterocycles. The minimum Gasteiger partial charge on any atom is -0.444 e. The Hall–Kier alpha value is -5.94. The molecule has 3 N–H and O–H groups in total. The van der Waals surface area contributed by atoms with Crippen molar-refractivity contribution in [2.24, 2.45) is 4.99 Å². The maximum Gasteiger partial charge on any atom is 0.410 e. The predicted octanol–water partition coefficient (Wildman–Crippen LogP) is 7.10. The van der Waals surface area contributed by atoms with Crippen LogP contribution in [0.2, 0.25) is 0 Å². The Labute approximate surface area is 314 Å². The fraction of sp³-hybridized carbons (Fsp3) is 0.375. The molecule has 0 unspecified atom stereocenters. The van der Waals surface area contributed by atoms with Crippen LogP contribution in [0.3, 0.4) is 0 Å². The van der Waals surface area contributed by atoms with Gasteiger partial charge in [-0.2, -0.15) is 15.0 Å². The number of benzene rings is 3. The summed E-state index contributed by atoms with van der Waals surface area (Å²) in [4.78, 5) is 51.7. The fourth-order valence-corrected chi connectivity index (χ4v) is 6.22. The zero-order valence-electron chi connectivity index (χ0n) is 31.0. The Balaban J connectivity index is 1.18. The van der Waals surface area contributed by atoms with Gasteiger partial charge in [0.2, 0.25) is 17.8 Å². The first-order valence-corrected chi connectivity index (χ1v) is 18.1. The van der Waals surface area contributed by atoms with Crippen LogP contribution in [0.1, 0.15) is 50.8 Å². The molecule has 1 amide bonds. The highest BCUT2D eigenvalue weighted by atomic mass is 19.1. The van der Waals surface area contributed by atoms with Crippen LogP contribution in [-0.4, -0.2) is 86.7 Å². The lowest BCUT2D eigenvalue weighted by Gasteiger charge is -2.35. The quantitative estimate of drug-likeness (QED) is 0.122. The average molecular weight is 733 g/mol. The van der Waals surface area contributed by atoms with Gasteiger partial charge >= 0.3 is 6.09 Å². The van der Waals surface area contributed by atoms with E-state index in [4.69, 9.17) is 11.3 Å². The SMILES string of the molecule is [C-]#[N+]c1ccc(C[C@@H](Nc2nc(NCC3=Nc4cc(F)ccc4C3)nc(Nc3cccc(CN4CCN(C(=O)OC(C)(C)C)CC4)c3)n2)C(=O)CC)cc1. The largest absolute Gasteiger partial charge is 0.444 e. The molecule has 1 saturated heterocycles. The number of anilines is 4. The van der Waals surface area contributed by atoms with Crippen LogP contribution >= 0.6 is 0 Å². The molecule has 6 rings (SSSR count). The summed E-state index contributed by atoms with van der Waals surface area (Å²) in [6.45, 7) is 18.3. The first-order chi connectivity index (χ1) is 25.9. The number of nitrogens with one attached hydrogen (secondary N) is 3. The zero-order valence-corrected chi connectivity index (χ0v) is 31.0. The molecule has 2 aliphatic heterocycles. The summed E-state index contributed by atoms with van der Waals surface area (Å²) < 4.78 is 19.4. The van der Waals surface area contributed by atoms with Gasteiger partial charge in [-0.05, 0) is 68.1 Å². The lowest BCUT2D eigenvalue weighted by molar-refractivity contribution is -0.119. The van der Waals surface area contributed by atoms with E-state index in [1.165, 1.54) is 12.1 Å². The minimum atomic E-state index is -0.625. The van der Waals surface area contributed by atoms with Crippen LogP contribution in [0.5, 0.6) is 0 Å². The van der Waals surface area contributed by atoms with Gasteiger partial charge in [-0.1, -0.05) is 49.4 Å². The van der Waals surface area contributed by atoms with Gasteiger partial charge in [0.05, 0.1) is 24.8 Å². The highest BCUT2D eigenvalue weighted by Crippen LogP contribution is 2.28. The number of aromatic nitrogens is 3. The number of aliphatic imine (C=N–C) groups is 1. The molecule has 13 nitrogen and oxygen atoms in total. The highest BCUT2D eigenvalue weighted by molar-refractivity contribution is 5.96. The smallest absolute Gasteiger partial charge is 0.410 e.